The van der Waals surface area contributed by atoms with Crippen LogP contribution in [0, 0.1) is 13.8 Å². The summed E-state index contributed by atoms with van der Waals surface area (Å²) in [4.78, 5) is 26.8. The van der Waals surface area contributed by atoms with Gasteiger partial charge in [-0.05, 0) is 67.4 Å². The molecule has 29 heavy (non-hydrogen) atoms. The predicted molar refractivity (Wildman–Crippen MR) is 121 cm³/mol. The number of benzene rings is 3. The van der Waals surface area contributed by atoms with E-state index in [0.29, 0.717) is 5.56 Å². The first-order valence-corrected chi connectivity index (χ1v) is 10.9. The topological polar surface area (TPSA) is 72.2 Å². The van der Waals surface area contributed by atoms with Crippen molar-refractivity contribution in [2.45, 2.75) is 28.5 Å². The number of nitrogens with two attached hydrogens (primary N) is 1. The molecule has 0 bridgehead atoms. The zero-order chi connectivity index (χ0) is 20.8. The number of hydrogen-bond acceptors (Lipinski definition) is 4. The largest absolute Gasteiger partial charge is 0.369 e. The minimum Gasteiger partial charge on any atom is -0.369 e. The molecule has 0 fully saturated rings. The van der Waals surface area contributed by atoms with Gasteiger partial charge in [-0.2, -0.15) is 0 Å². The summed E-state index contributed by atoms with van der Waals surface area (Å²) in [5, 5.41) is 2.92. The summed E-state index contributed by atoms with van der Waals surface area (Å²) in [6.07, 6.45) is 0. The van der Waals surface area contributed by atoms with E-state index >= 15 is 0 Å². The molecule has 4 nitrogen and oxygen atoms in total. The van der Waals surface area contributed by atoms with Gasteiger partial charge in [0.05, 0.1) is 11.3 Å². The Morgan fingerprint density at radius 3 is 2.38 bits per heavy atom. The summed E-state index contributed by atoms with van der Waals surface area (Å²) in [6, 6.07) is 21.4. The molecule has 0 saturated heterocycles. The van der Waals surface area contributed by atoms with Gasteiger partial charge in [0.1, 0.15) is 0 Å². The molecule has 0 aliphatic heterocycles. The fourth-order valence-corrected chi connectivity index (χ4v) is 4.47. The van der Waals surface area contributed by atoms with Gasteiger partial charge in [0.2, 0.25) is 5.91 Å². The monoisotopic (exact) mass is 422 g/mol. The van der Waals surface area contributed by atoms with Gasteiger partial charge in [0.15, 0.2) is 0 Å². The van der Waals surface area contributed by atoms with E-state index < -0.39 is 5.91 Å². The summed E-state index contributed by atoms with van der Waals surface area (Å²) in [5.74, 6) is -0.496. The number of aryl methyl sites for hydroxylation is 2. The maximum Gasteiger partial charge on any atom is 0.256 e. The number of amides is 2. The Bertz CT molecular complexity index is 1030. The molecule has 0 unspecified atom stereocenters. The molecule has 0 saturated carbocycles. The Morgan fingerprint density at radius 1 is 0.931 bits per heavy atom. The lowest BCUT2D eigenvalue weighted by molar-refractivity contribution is -0.115. The molecule has 3 aromatic rings. The highest BCUT2D eigenvalue weighted by Gasteiger charge is 2.12. The lowest BCUT2D eigenvalue weighted by Crippen LogP contribution is -2.15. The van der Waals surface area contributed by atoms with Crippen LogP contribution in [0.25, 0.3) is 0 Å². The van der Waals surface area contributed by atoms with E-state index in [4.69, 9.17) is 5.73 Å². The van der Waals surface area contributed by atoms with Crippen molar-refractivity contribution >= 4 is 41.0 Å². The zero-order valence-electron chi connectivity index (χ0n) is 16.3. The SMILES string of the molecule is Cc1ccc(C)c(Sc2ccc(NC(=O)c3ccccc3SCC(N)=O)cc2)c1. The second-order valence-corrected chi connectivity index (χ2v) is 8.73. The average molecular weight is 423 g/mol. The van der Waals surface area contributed by atoms with Crippen molar-refractivity contribution in [3.8, 4) is 0 Å². The molecule has 148 valence electrons. The lowest BCUT2D eigenvalue weighted by Gasteiger charge is -2.10. The van der Waals surface area contributed by atoms with Crippen molar-refractivity contribution in [1.29, 1.82) is 0 Å². The number of rotatable bonds is 7. The smallest absolute Gasteiger partial charge is 0.256 e. The van der Waals surface area contributed by atoms with Crippen LogP contribution in [0.15, 0.2) is 81.4 Å². The molecular formula is C23H22N2O2S2. The number of nitrogens with one attached hydrogen (secondary N) is 1. The number of thioether (sulfide) groups is 1. The fourth-order valence-electron chi connectivity index (χ4n) is 2.68. The molecule has 2 amide bonds. The van der Waals surface area contributed by atoms with Crippen molar-refractivity contribution in [3.05, 3.63) is 83.4 Å². The van der Waals surface area contributed by atoms with Crippen LogP contribution >= 0.6 is 23.5 Å². The van der Waals surface area contributed by atoms with Gasteiger partial charge in [0, 0.05) is 20.4 Å². The average Bonchev–Trinajstić information content (AvgIpc) is 2.71. The van der Waals surface area contributed by atoms with E-state index in [0.717, 1.165) is 15.5 Å². The van der Waals surface area contributed by atoms with Crippen molar-refractivity contribution in [3.63, 3.8) is 0 Å². The van der Waals surface area contributed by atoms with Crippen LogP contribution in [0.3, 0.4) is 0 Å². The fraction of sp³-hybridized carbons (Fsp3) is 0.130. The Labute approximate surface area is 179 Å². The number of carbonyl (C=O) groups excluding carboxylic acids is 2. The Hall–Kier alpha value is -2.70. The van der Waals surface area contributed by atoms with Crippen LogP contribution in [0.4, 0.5) is 5.69 Å². The molecule has 0 aliphatic carbocycles. The van der Waals surface area contributed by atoms with E-state index in [1.807, 2.05) is 36.4 Å². The molecule has 0 aliphatic rings. The highest BCUT2D eigenvalue weighted by atomic mass is 32.2. The summed E-state index contributed by atoms with van der Waals surface area (Å²) in [6.45, 7) is 4.19. The van der Waals surface area contributed by atoms with E-state index in [9.17, 15) is 9.59 Å². The van der Waals surface area contributed by atoms with Gasteiger partial charge >= 0.3 is 0 Å². The van der Waals surface area contributed by atoms with Crippen LogP contribution in [-0.4, -0.2) is 17.6 Å². The Kier molecular flexibility index (Phi) is 7.01. The highest BCUT2D eigenvalue weighted by molar-refractivity contribution is 8.00. The van der Waals surface area contributed by atoms with E-state index in [-0.39, 0.29) is 11.7 Å². The summed E-state index contributed by atoms with van der Waals surface area (Å²) in [5.41, 5.74) is 8.92. The molecule has 0 heterocycles. The van der Waals surface area contributed by atoms with Crippen LogP contribution in [0.1, 0.15) is 21.5 Å². The maximum atomic E-state index is 12.7. The minimum atomic E-state index is -0.415. The van der Waals surface area contributed by atoms with Crippen molar-refractivity contribution in [2.24, 2.45) is 5.73 Å². The summed E-state index contributed by atoms with van der Waals surface area (Å²) < 4.78 is 0. The third kappa shape index (κ3) is 5.89. The van der Waals surface area contributed by atoms with Gasteiger partial charge in [-0.3, -0.25) is 9.59 Å². The van der Waals surface area contributed by atoms with Crippen molar-refractivity contribution in [2.75, 3.05) is 11.1 Å². The third-order valence-electron chi connectivity index (χ3n) is 4.19. The second kappa shape index (κ2) is 9.67. The van der Waals surface area contributed by atoms with Crippen LogP contribution in [0.2, 0.25) is 0 Å². The molecule has 3 N–H and O–H groups in total. The van der Waals surface area contributed by atoms with Crippen molar-refractivity contribution in [1.82, 2.24) is 0 Å². The molecule has 0 atom stereocenters. The first-order chi connectivity index (χ1) is 13.9. The summed E-state index contributed by atoms with van der Waals surface area (Å²) >= 11 is 2.97. The van der Waals surface area contributed by atoms with E-state index in [1.54, 1.807) is 23.9 Å². The Morgan fingerprint density at radius 2 is 1.66 bits per heavy atom. The van der Waals surface area contributed by atoms with Gasteiger partial charge < -0.3 is 11.1 Å². The third-order valence-corrected chi connectivity index (χ3v) is 6.45. The first-order valence-electron chi connectivity index (χ1n) is 9.09. The molecular weight excluding hydrogens is 400 g/mol. The molecule has 0 spiro atoms. The van der Waals surface area contributed by atoms with E-state index in [2.05, 4.69) is 37.4 Å². The molecule has 0 aromatic heterocycles. The summed E-state index contributed by atoms with van der Waals surface area (Å²) in [7, 11) is 0. The second-order valence-electron chi connectivity index (χ2n) is 6.60. The number of carbonyl (C=O) groups is 2. The van der Waals surface area contributed by atoms with Crippen LogP contribution < -0.4 is 11.1 Å². The Balaban J connectivity index is 1.69. The molecule has 3 rings (SSSR count). The normalized spacial score (nSPS) is 10.6. The number of hydrogen-bond donors (Lipinski definition) is 2. The lowest BCUT2D eigenvalue weighted by atomic mass is 10.2. The predicted octanol–water partition coefficient (Wildman–Crippen LogP) is 5.28. The van der Waals surface area contributed by atoms with Crippen molar-refractivity contribution < 1.29 is 9.59 Å². The van der Waals surface area contributed by atoms with Gasteiger partial charge in [0.25, 0.3) is 5.91 Å². The zero-order valence-corrected chi connectivity index (χ0v) is 17.9. The molecule has 3 aromatic carbocycles. The maximum absolute atomic E-state index is 12.7. The highest BCUT2D eigenvalue weighted by Crippen LogP contribution is 2.32. The van der Waals surface area contributed by atoms with E-state index in [1.165, 1.54) is 27.8 Å². The number of anilines is 1. The van der Waals surface area contributed by atoms with Gasteiger partial charge in [-0.1, -0.05) is 36.0 Å². The van der Waals surface area contributed by atoms with Gasteiger partial charge in [-0.15, -0.1) is 11.8 Å². The van der Waals surface area contributed by atoms with Crippen LogP contribution in [-0.2, 0) is 4.79 Å². The van der Waals surface area contributed by atoms with Crippen LogP contribution in [0.5, 0.6) is 0 Å². The minimum absolute atomic E-state index is 0.134. The molecule has 6 heteroatoms. The quantitative estimate of drug-likeness (QED) is 0.508. The standard InChI is InChI=1S/C23H22N2O2S2/c1-15-7-8-16(2)21(13-15)29-18-11-9-17(10-12-18)25-23(27)19-5-3-4-6-20(19)28-14-22(24)26/h3-13H,14H2,1-2H3,(H2,24,26)(H,25,27). The number of primary amides is 1. The molecule has 0 radical (unpaired) electrons. The van der Waals surface area contributed by atoms with Gasteiger partial charge in [-0.25, -0.2) is 0 Å². The first kappa shape index (κ1) is 21.0.